The van der Waals surface area contributed by atoms with Crippen LogP contribution in [-0.2, 0) is 4.74 Å². The summed E-state index contributed by atoms with van der Waals surface area (Å²) in [6.07, 6.45) is 4.94. The van der Waals surface area contributed by atoms with Gasteiger partial charge in [-0.05, 0) is 39.0 Å². The molecular formula is C13H21NO3. The van der Waals surface area contributed by atoms with Crippen LogP contribution in [0.4, 0.5) is 4.79 Å². The molecule has 0 spiro atoms. The summed E-state index contributed by atoms with van der Waals surface area (Å²) in [5.41, 5.74) is -0.480. The van der Waals surface area contributed by atoms with Crippen molar-refractivity contribution in [3.8, 4) is 0 Å². The minimum Gasteiger partial charge on any atom is -0.444 e. The van der Waals surface area contributed by atoms with Gasteiger partial charge in [0.1, 0.15) is 5.60 Å². The summed E-state index contributed by atoms with van der Waals surface area (Å²) in [6.45, 7) is 5.65. The lowest BCUT2D eigenvalue weighted by molar-refractivity contribution is 0.0465. The van der Waals surface area contributed by atoms with E-state index in [1.54, 1.807) is 0 Å². The molecule has 0 heterocycles. The molecule has 2 rings (SSSR count). The fourth-order valence-electron chi connectivity index (χ4n) is 2.83. The first-order chi connectivity index (χ1) is 7.90. The first-order valence-electron chi connectivity index (χ1n) is 6.19. The number of aliphatic hydroxyl groups is 1. The number of hydrogen-bond donors (Lipinski definition) is 2. The highest BCUT2D eigenvalue weighted by Crippen LogP contribution is 2.43. The summed E-state index contributed by atoms with van der Waals surface area (Å²) >= 11 is 0. The summed E-state index contributed by atoms with van der Waals surface area (Å²) in [7, 11) is 0. The summed E-state index contributed by atoms with van der Waals surface area (Å²) in [5.74, 6) is 0.895. The third-order valence-electron chi connectivity index (χ3n) is 3.52. The van der Waals surface area contributed by atoms with Crippen molar-refractivity contribution in [3.63, 3.8) is 0 Å². The molecule has 2 bridgehead atoms. The molecule has 4 atom stereocenters. The van der Waals surface area contributed by atoms with Gasteiger partial charge in [-0.2, -0.15) is 0 Å². The van der Waals surface area contributed by atoms with E-state index >= 15 is 0 Å². The zero-order valence-corrected chi connectivity index (χ0v) is 10.6. The van der Waals surface area contributed by atoms with Gasteiger partial charge in [0.15, 0.2) is 0 Å². The third-order valence-corrected chi connectivity index (χ3v) is 3.52. The number of allylic oxidation sites excluding steroid dienone is 1. The quantitative estimate of drug-likeness (QED) is 0.721. The topological polar surface area (TPSA) is 58.6 Å². The Morgan fingerprint density at radius 3 is 2.65 bits per heavy atom. The van der Waals surface area contributed by atoms with E-state index in [-0.39, 0.29) is 24.7 Å². The number of fused-ring (bicyclic) bond motifs is 2. The number of carbonyl (C=O) groups excluding carboxylic acids is 1. The van der Waals surface area contributed by atoms with E-state index in [9.17, 15) is 9.90 Å². The molecule has 2 aliphatic rings. The Morgan fingerprint density at radius 1 is 1.41 bits per heavy atom. The molecule has 96 valence electrons. The van der Waals surface area contributed by atoms with E-state index in [0.29, 0.717) is 11.8 Å². The molecular weight excluding hydrogens is 218 g/mol. The van der Waals surface area contributed by atoms with Crippen LogP contribution in [0.2, 0.25) is 0 Å². The lowest BCUT2D eigenvalue weighted by Crippen LogP contribution is -2.46. The van der Waals surface area contributed by atoms with Crippen molar-refractivity contribution in [2.75, 3.05) is 6.61 Å². The summed E-state index contributed by atoms with van der Waals surface area (Å²) in [6, 6.07) is 0.0184. The van der Waals surface area contributed by atoms with Gasteiger partial charge in [0.05, 0.1) is 0 Å². The van der Waals surface area contributed by atoms with Crippen molar-refractivity contribution in [2.45, 2.75) is 38.8 Å². The highest BCUT2D eigenvalue weighted by atomic mass is 16.6. The number of ether oxygens (including phenoxy) is 1. The Morgan fingerprint density at radius 2 is 2.06 bits per heavy atom. The molecule has 1 amide bonds. The molecule has 2 aliphatic carbocycles. The van der Waals surface area contributed by atoms with E-state index < -0.39 is 5.60 Å². The molecule has 0 aliphatic heterocycles. The standard InChI is InChI=1S/C13H21NO3/c1-13(2,3)17-12(16)14-11-9-5-4-8(6-9)10(11)7-15/h4-5,8-11,15H,6-7H2,1-3H3,(H,14,16)/t8-,9+,10+,11-/m0/s1. The van der Waals surface area contributed by atoms with Gasteiger partial charge in [0, 0.05) is 18.6 Å². The predicted molar refractivity (Wildman–Crippen MR) is 64.5 cm³/mol. The third kappa shape index (κ3) is 2.63. The zero-order valence-electron chi connectivity index (χ0n) is 10.6. The van der Waals surface area contributed by atoms with Gasteiger partial charge < -0.3 is 15.2 Å². The maximum absolute atomic E-state index is 11.7. The number of hydrogen-bond acceptors (Lipinski definition) is 3. The summed E-state index contributed by atoms with van der Waals surface area (Å²) in [5, 5.41) is 12.3. The molecule has 4 heteroatoms. The normalized spacial score (nSPS) is 35.1. The van der Waals surface area contributed by atoms with E-state index in [1.807, 2.05) is 20.8 Å². The Kier molecular flexibility index (Phi) is 3.17. The van der Waals surface area contributed by atoms with Crippen molar-refractivity contribution in [1.29, 1.82) is 0 Å². The molecule has 17 heavy (non-hydrogen) atoms. The van der Waals surface area contributed by atoms with Crippen LogP contribution in [0.1, 0.15) is 27.2 Å². The smallest absolute Gasteiger partial charge is 0.407 e. The van der Waals surface area contributed by atoms with Crippen LogP contribution >= 0.6 is 0 Å². The fourth-order valence-corrected chi connectivity index (χ4v) is 2.83. The largest absolute Gasteiger partial charge is 0.444 e. The number of carbonyl (C=O) groups is 1. The number of alkyl carbamates (subject to hydrolysis) is 1. The second-order valence-electron chi connectivity index (χ2n) is 5.97. The van der Waals surface area contributed by atoms with Crippen molar-refractivity contribution >= 4 is 6.09 Å². The van der Waals surface area contributed by atoms with Crippen LogP contribution < -0.4 is 5.32 Å². The van der Waals surface area contributed by atoms with Gasteiger partial charge in [-0.3, -0.25) is 0 Å². The molecule has 0 aromatic rings. The van der Waals surface area contributed by atoms with Gasteiger partial charge >= 0.3 is 6.09 Å². The second-order valence-corrected chi connectivity index (χ2v) is 5.97. The number of aliphatic hydroxyl groups excluding tert-OH is 1. The lowest BCUT2D eigenvalue weighted by atomic mass is 9.90. The second kappa shape index (κ2) is 4.33. The molecule has 1 saturated carbocycles. The van der Waals surface area contributed by atoms with Crippen LogP contribution in [0.5, 0.6) is 0 Å². The molecule has 0 aromatic carbocycles. The highest BCUT2D eigenvalue weighted by Gasteiger charge is 2.45. The minimum atomic E-state index is -0.480. The van der Waals surface area contributed by atoms with Gasteiger partial charge in [0.25, 0.3) is 0 Å². The van der Waals surface area contributed by atoms with Crippen LogP contribution in [-0.4, -0.2) is 29.4 Å². The average Bonchev–Trinajstić information content (AvgIpc) is 2.74. The molecule has 2 N–H and O–H groups in total. The molecule has 1 fully saturated rings. The average molecular weight is 239 g/mol. The van der Waals surface area contributed by atoms with E-state index in [0.717, 1.165) is 6.42 Å². The Labute approximate surface area is 102 Å². The first-order valence-corrected chi connectivity index (χ1v) is 6.19. The Balaban J connectivity index is 1.95. The number of nitrogens with one attached hydrogen (secondary N) is 1. The molecule has 0 saturated heterocycles. The van der Waals surface area contributed by atoms with Crippen LogP contribution in [0, 0.1) is 17.8 Å². The van der Waals surface area contributed by atoms with E-state index in [4.69, 9.17) is 4.74 Å². The van der Waals surface area contributed by atoms with Crippen LogP contribution in [0.15, 0.2) is 12.2 Å². The number of amides is 1. The predicted octanol–water partition coefficient (Wildman–Crippen LogP) is 1.69. The van der Waals surface area contributed by atoms with E-state index in [1.165, 1.54) is 0 Å². The summed E-state index contributed by atoms with van der Waals surface area (Å²) in [4.78, 5) is 11.7. The molecule has 0 unspecified atom stereocenters. The SMILES string of the molecule is CC(C)(C)OC(=O)N[C@@H]1[C@H](CO)[C@H]2C=C[C@@H]1C2. The molecule has 4 nitrogen and oxygen atoms in total. The lowest BCUT2D eigenvalue weighted by Gasteiger charge is -2.29. The monoisotopic (exact) mass is 239 g/mol. The van der Waals surface area contributed by atoms with E-state index in [2.05, 4.69) is 17.5 Å². The Hall–Kier alpha value is -1.03. The molecule has 0 radical (unpaired) electrons. The van der Waals surface area contributed by atoms with Crippen molar-refractivity contribution in [1.82, 2.24) is 5.32 Å². The number of rotatable bonds is 2. The van der Waals surface area contributed by atoms with Gasteiger partial charge in [-0.1, -0.05) is 12.2 Å². The van der Waals surface area contributed by atoms with Crippen molar-refractivity contribution in [2.24, 2.45) is 17.8 Å². The molecule has 0 aromatic heterocycles. The van der Waals surface area contributed by atoms with Crippen LogP contribution in [0.25, 0.3) is 0 Å². The van der Waals surface area contributed by atoms with Crippen molar-refractivity contribution < 1.29 is 14.6 Å². The Bertz CT molecular complexity index is 332. The zero-order chi connectivity index (χ0) is 12.6. The highest BCUT2D eigenvalue weighted by molar-refractivity contribution is 5.68. The maximum Gasteiger partial charge on any atom is 0.407 e. The minimum absolute atomic E-state index is 0.0184. The van der Waals surface area contributed by atoms with Gasteiger partial charge in [-0.15, -0.1) is 0 Å². The fraction of sp³-hybridized carbons (Fsp3) is 0.769. The summed E-state index contributed by atoms with van der Waals surface area (Å²) < 4.78 is 5.24. The maximum atomic E-state index is 11.7. The van der Waals surface area contributed by atoms with Crippen molar-refractivity contribution in [3.05, 3.63) is 12.2 Å². The van der Waals surface area contributed by atoms with Gasteiger partial charge in [-0.25, -0.2) is 4.79 Å². The van der Waals surface area contributed by atoms with Gasteiger partial charge in [0.2, 0.25) is 0 Å². The van der Waals surface area contributed by atoms with Crippen LogP contribution in [0.3, 0.4) is 0 Å². The first kappa shape index (κ1) is 12.4.